The zero-order valence-electron chi connectivity index (χ0n) is 24.6. The highest BCUT2D eigenvalue weighted by Gasteiger charge is 2.45. The van der Waals surface area contributed by atoms with Crippen LogP contribution in [0.1, 0.15) is 32.8 Å². The van der Waals surface area contributed by atoms with Crippen LogP contribution in [0.2, 0.25) is 0 Å². The van der Waals surface area contributed by atoms with Crippen molar-refractivity contribution in [2.45, 2.75) is 40.3 Å². The van der Waals surface area contributed by atoms with E-state index in [1.54, 1.807) is 41.5 Å². The number of aromatic nitrogens is 2. The number of fused-ring (bicyclic) bond motifs is 2. The summed E-state index contributed by atoms with van der Waals surface area (Å²) in [5, 5.41) is 2.93. The summed E-state index contributed by atoms with van der Waals surface area (Å²) in [4.78, 5) is 49.0. The Morgan fingerprint density at radius 1 is 1.02 bits per heavy atom. The fourth-order valence-electron chi connectivity index (χ4n) is 5.39. The summed E-state index contributed by atoms with van der Waals surface area (Å²) in [6, 6.07) is 13.5. The van der Waals surface area contributed by atoms with E-state index >= 15 is 0 Å². The molecule has 3 aromatic heterocycles. The van der Waals surface area contributed by atoms with Crippen LogP contribution in [-0.2, 0) is 22.7 Å². The first-order chi connectivity index (χ1) is 20.2. The van der Waals surface area contributed by atoms with Gasteiger partial charge in [0.25, 0.3) is 5.56 Å². The summed E-state index contributed by atoms with van der Waals surface area (Å²) in [6.07, 6.45) is 6.26. The monoisotopic (exact) mass is 587 g/mol. The van der Waals surface area contributed by atoms with Crippen LogP contribution in [0.15, 0.2) is 71.2 Å². The van der Waals surface area contributed by atoms with Gasteiger partial charge in [0.2, 0.25) is 11.8 Å². The molecule has 42 heavy (non-hydrogen) atoms. The Balaban J connectivity index is 1.25. The molecule has 0 N–H and O–H groups in total. The van der Waals surface area contributed by atoms with Crippen molar-refractivity contribution in [1.82, 2.24) is 14.5 Å². The van der Waals surface area contributed by atoms with E-state index in [1.165, 1.54) is 11.3 Å². The molecule has 0 atom stereocenters. The lowest BCUT2D eigenvalue weighted by Gasteiger charge is -2.27. The molecule has 2 amide bonds. The molecule has 5 rings (SSSR count). The zero-order chi connectivity index (χ0) is 29.9. The Hall–Kier alpha value is -4.02. The second-order valence-corrected chi connectivity index (χ2v) is 12.0. The van der Waals surface area contributed by atoms with E-state index in [9.17, 15) is 14.4 Å². The number of anilines is 2. The molecule has 1 aliphatic rings. The van der Waals surface area contributed by atoms with Crippen LogP contribution in [0.25, 0.3) is 10.1 Å². The van der Waals surface area contributed by atoms with Gasteiger partial charge in [-0.1, -0.05) is 6.07 Å². The molecule has 0 bridgehead atoms. The second-order valence-electron chi connectivity index (χ2n) is 11.0. The smallest absolute Gasteiger partial charge is 0.268 e. The third-order valence-electron chi connectivity index (χ3n) is 7.79. The van der Waals surface area contributed by atoms with Crippen LogP contribution in [-0.4, -0.2) is 59.6 Å². The third kappa shape index (κ3) is 5.96. The summed E-state index contributed by atoms with van der Waals surface area (Å²) in [5.41, 5.74) is 1.37. The van der Waals surface area contributed by atoms with Crippen molar-refractivity contribution in [1.29, 1.82) is 0 Å². The van der Waals surface area contributed by atoms with Gasteiger partial charge in [0.1, 0.15) is 11.2 Å². The first kappa shape index (κ1) is 29.5. The van der Waals surface area contributed by atoms with E-state index in [0.717, 1.165) is 28.6 Å². The van der Waals surface area contributed by atoms with Gasteiger partial charge in [0.15, 0.2) is 0 Å². The number of carbonyl (C=O) groups is 2. The fourth-order valence-corrected chi connectivity index (χ4v) is 6.23. The molecule has 4 heterocycles. The normalized spacial score (nSPS) is 14.9. The molecule has 1 aliphatic heterocycles. The summed E-state index contributed by atoms with van der Waals surface area (Å²) in [7, 11) is 1.71. The first-order valence-corrected chi connectivity index (χ1v) is 15.1. The van der Waals surface area contributed by atoms with Crippen LogP contribution >= 0.6 is 11.3 Å². The van der Waals surface area contributed by atoms with Gasteiger partial charge < -0.3 is 19.1 Å². The molecule has 4 aromatic rings. The number of nitrogens with zero attached hydrogens (tertiary/aromatic N) is 5. The van der Waals surface area contributed by atoms with Gasteiger partial charge >= 0.3 is 0 Å². The first-order valence-electron chi connectivity index (χ1n) is 14.3. The van der Waals surface area contributed by atoms with Crippen molar-refractivity contribution in [3.05, 3.63) is 82.4 Å². The SMILES string of the molecule is CCN1C(=O)C(C)(C)C(=O)N(C)c2cc(OCCCN(CCn3ccc4ccsc4c3=O)Cc3cccnc3)ccc21. The molecule has 220 valence electrons. The third-order valence-corrected chi connectivity index (χ3v) is 8.71. The van der Waals surface area contributed by atoms with Gasteiger partial charge in [-0.25, -0.2) is 0 Å². The Bertz CT molecular complexity index is 1630. The predicted molar refractivity (Wildman–Crippen MR) is 167 cm³/mol. The van der Waals surface area contributed by atoms with E-state index in [1.807, 2.05) is 61.1 Å². The predicted octanol–water partition coefficient (Wildman–Crippen LogP) is 4.78. The minimum absolute atomic E-state index is 0.0468. The highest BCUT2D eigenvalue weighted by molar-refractivity contribution is 7.17. The van der Waals surface area contributed by atoms with Crippen LogP contribution < -0.4 is 20.1 Å². The molecule has 0 saturated carbocycles. The largest absolute Gasteiger partial charge is 0.493 e. The minimum Gasteiger partial charge on any atom is -0.493 e. The zero-order valence-corrected chi connectivity index (χ0v) is 25.4. The minimum atomic E-state index is -1.15. The summed E-state index contributed by atoms with van der Waals surface area (Å²) in [6.45, 7) is 8.97. The molecule has 0 aliphatic carbocycles. The van der Waals surface area contributed by atoms with Gasteiger partial charge in [-0.3, -0.25) is 24.3 Å². The summed E-state index contributed by atoms with van der Waals surface area (Å²) >= 11 is 1.48. The van der Waals surface area contributed by atoms with Crippen molar-refractivity contribution < 1.29 is 14.3 Å². The van der Waals surface area contributed by atoms with Crippen LogP contribution in [0.3, 0.4) is 0 Å². The van der Waals surface area contributed by atoms with E-state index in [2.05, 4.69) is 16.0 Å². The highest BCUT2D eigenvalue weighted by Crippen LogP contribution is 2.40. The number of carbonyl (C=O) groups excluding carboxylic acids is 2. The Morgan fingerprint density at radius 3 is 2.62 bits per heavy atom. The van der Waals surface area contributed by atoms with E-state index < -0.39 is 5.41 Å². The maximum absolute atomic E-state index is 13.1. The standard InChI is InChI=1S/C32H37N5O4S/c1-5-37-26-10-9-25(20-27(26)34(4)30(39)32(2,3)31(37)40)41-18-7-14-35(22-23-8-6-13-33-21-23)16-17-36-15-11-24-12-19-42-28(24)29(36)38/h6,8-13,15,19-21H,5,7,14,16-18,22H2,1-4H3. The topological polar surface area (TPSA) is 88.0 Å². The van der Waals surface area contributed by atoms with Gasteiger partial charge in [0.05, 0.1) is 22.7 Å². The maximum atomic E-state index is 13.1. The summed E-state index contributed by atoms with van der Waals surface area (Å²) < 4.78 is 8.70. The molecule has 10 heteroatoms. The van der Waals surface area contributed by atoms with Crippen molar-refractivity contribution in [2.75, 3.05) is 43.1 Å². The van der Waals surface area contributed by atoms with Crippen molar-refractivity contribution in [2.24, 2.45) is 5.41 Å². The van der Waals surface area contributed by atoms with Crippen LogP contribution in [0.4, 0.5) is 11.4 Å². The number of rotatable bonds is 11. The maximum Gasteiger partial charge on any atom is 0.268 e. The van der Waals surface area contributed by atoms with Crippen molar-refractivity contribution in [3.63, 3.8) is 0 Å². The molecule has 0 spiro atoms. The Labute approximate surface area is 249 Å². The van der Waals surface area contributed by atoms with Gasteiger partial charge in [0, 0.05) is 64.4 Å². The van der Waals surface area contributed by atoms with Crippen molar-refractivity contribution >= 4 is 44.6 Å². The molecule has 0 saturated heterocycles. The van der Waals surface area contributed by atoms with Gasteiger partial charge in [-0.2, -0.15) is 0 Å². The Morgan fingerprint density at radius 2 is 1.86 bits per heavy atom. The quantitative estimate of drug-likeness (QED) is 0.185. The number of hydrogen-bond donors (Lipinski definition) is 0. The average molecular weight is 588 g/mol. The summed E-state index contributed by atoms with van der Waals surface area (Å²) in [5.74, 6) is 0.192. The molecular formula is C32H37N5O4S. The molecule has 0 unspecified atom stereocenters. The number of benzene rings is 1. The number of amides is 2. The number of ether oxygens (including phenoxy) is 1. The second kappa shape index (κ2) is 12.5. The van der Waals surface area contributed by atoms with Gasteiger partial charge in [-0.05, 0) is 73.9 Å². The average Bonchev–Trinajstić information content (AvgIpc) is 3.47. The molecular weight excluding hydrogens is 550 g/mol. The fraction of sp³-hybridized carbons (Fsp3) is 0.375. The lowest BCUT2D eigenvalue weighted by molar-refractivity contribution is -0.137. The Kier molecular flexibility index (Phi) is 8.74. The van der Waals surface area contributed by atoms with Crippen LogP contribution in [0, 0.1) is 5.41 Å². The molecule has 9 nitrogen and oxygen atoms in total. The highest BCUT2D eigenvalue weighted by atomic mass is 32.1. The number of thiophene rings is 1. The van der Waals surface area contributed by atoms with Crippen molar-refractivity contribution in [3.8, 4) is 5.75 Å². The number of hydrogen-bond acceptors (Lipinski definition) is 7. The van der Waals surface area contributed by atoms with Gasteiger partial charge in [-0.15, -0.1) is 11.3 Å². The lowest BCUT2D eigenvalue weighted by Crippen LogP contribution is -2.47. The molecule has 0 radical (unpaired) electrons. The lowest BCUT2D eigenvalue weighted by atomic mass is 9.90. The number of pyridine rings is 2. The van der Waals surface area contributed by atoms with E-state index in [-0.39, 0.29) is 17.4 Å². The van der Waals surface area contributed by atoms with E-state index in [4.69, 9.17) is 4.74 Å². The molecule has 1 aromatic carbocycles. The van der Waals surface area contributed by atoms with E-state index in [0.29, 0.717) is 49.9 Å². The molecule has 0 fully saturated rings. The van der Waals surface area contributed by atoms with Crippen LogP contribution in [0.5, 0.6) is 5.75 Å².